The van der Waals surface area contributed by atoms with E-state index in [1.165, 1.54) is 6.92 Å². The van der Waals surface area contributed by atoms with Gasteiger partial charge in [0, 0.05) is 25.1 Å². The normalized spacial score (nSPS) is 28.2. The molecule has 6 atom stereocenters. The van der Waals surface area contributed by atoms with Gasteiger partial charge in [0.15, 0.2) is 0 Å². The summed E-state index contributed by atoms with van der Waals surface area (Å²) >= 11 is 13.3. The summed E-state index contributed by atoms with van der Waals surface area (Å²) in [5.74, 6) is 0.341. The lowest BCUT2D eigenvalue weighted by molar-refractivity contribution is -0.137. The fourth-order valence-corrected chi connectivity index (χ4v) is 9.71. The van der Waals surface area contributed by atoms with Gasteiger partial charge < -0.3 is 24.8 Å². The number of nitrogens with two attached hydrogens (primary N) is 1. The highest BCUT2D eigenvalue weighted by Gasteiger charge is 2.54. The molecule has 7 heterocycles. The average Bonchev–Trinajstić information content (AvgIpc) is 3.67. The number of carbonyl (C=O) groups is 1. The quantitative estimate of drug-likeness (QED) is 0.209. The van der Waals surface area contributed by atoms with Crippen LogP contribution in [-0.4, -0.2) is 98.6 Å². The Morgan fingerprint density at radius 2 is 1.89 bits per heavy atom. The van der Waals surface area contributed by atoms with Gasteiger partial charge in [0.25, 0.3) is 0 Å². The molecule has 1 amide bonds. The number of nitrogen functional groups attached to an aromatic ring is 1. The van der Waals surface area contributed by atoms with Gasteiger partial charge in [-0.2, -0.15) is 23.1 Å². The highest BCUT2D eigenvalue weighted by Crippen LogP contribution is 2.51. The van der Waals surface area contributed by atoms with Crippen LogP contribution < -0.4 is 20.1 Å². The summed E-state index contributed by atoms with van der Waals surface area (Å²) in [4.78, 5) is 33.8. The summed E-state index contributed by atoms with van der Waals surface area (Å²) in [6.07, 6.45) is -3.58. The van der Waals surface area contributed by atoms with E-state index in [1.54, 1.807) is 4.90 Å². The third-order valence-corrected chi connectivity index (χ3v) is 12.2. The summed E-state index contributed by atoms with van der Waals surface area (Å²) in [5, 5.41) is -0.132. The van der Waals surface area contributed by atoms with Crippen molar-refractivity contribution in [3.8, 4) is 23.1 Å². The Bertz CT molecular complexity index is 2020. The molecular weight excluding hydrogens is 741 g/mol. The van der Waals surface area contributed by atoms with Gasteiger partial charge in [-0.3, -0.25) is 9.80 Å². The molecule has 5 aliphatic heterocycles. The van der Waals surface area contributed by atoms with Gasteiger partial charge in [-0.1, -0.05) is 23.2 Å². The van der Waals surface area contributed by atoms with Crippen molar-refractivity contribution in [2.24, 2.45) is 0 Å². The van der Waals surface area contributed by atoms with E-state index in [0.29, 0.717) is 43.6 Å². The number of rotatable bonds is 4. The van der Waals surface area contributed by atoms with Crippen LogP contribution in [0.15, 0.2) is 6.07 Å². The van der Waals surface area contributed by atoms with E-state index in [4.69, 9.17) is 53.1 Å². The van der Waals surface area contributed by atoms with Crippen LogP contribution in [0.4, 0.5) is 33.9 Å². The Hall–Kier alpha value is -3.56. The molecule has 4 fully saturated rings. The van der Waals surface area contributed by atoms with Crippen molar-refractivity contribution in [1.82, 2.24) is 24.8 Å². The maximum atomic E-state index is 14.7. The molecular formula is C36H41Cl2F4N7O4. The number of anilines is 2. The number of amides is 1. The highest BCUT2D eigenvalue weighted by molar-refractivity contribution is 6.38. The lowest BCUT2D eigenvalue weighted by Crippen LogP contribution is -2.65. The number of aromatic nitrogens is 3. The number of halogens is 6. The number of ether oxygens (including phenoxy) is 3. The molecule has 53 heavy (non-hydrogen) atoms. The monoisotopic (exact) mass is 781 g/mol. The molecule has 0 unspecified atom stereocenters. The summed E-state index contributed by atoms with van der Waals surface area (Å²) in [5.41, 5.74) is 2.88. The van der Waals surface area contributed by atoms with Gasteiger partial charge in [0.2, 0.25) is 5.88 Å². The number of hydrogen-bond acceptors (Lipinski definition) is 10. The molecule has 0 radical (unpaired) electrons. The predicted octanol–water partition coefficient (Wildman–Crippen LogP) is 7.60. The van der Waals surface area contributed by atoms with Crippen LogP contribution in [0.25, 0.3) is 22.2 Å². The molecule has 1 aromatic carbocycles. The van der Waals surface area contributed by atoms with Crippen molar-refractivity contribution in [3.05, 3.63) is 27.2 Å². The summed E-state index contributed by atoms with van der Waals surface area (Å²) in [6, 6.07) is -0.00355. The molecule has 0 saturated carbocycles. The second kappa shape index (κ2) is 12.5. The predicted molar refractivity (Wildman–Crippen MR) is 192 cm³/mol. The van der Waals surface area contributed by atoms with E-state index in [-0.39, 0.29) is 63.1 Å². The minimum atomic E-state index is -4.85. The van der Waals surface area contributed by atoms with E-state index >= 15 is 0 Å². The van der Waals surface area contributed by atoms with Crippen LogP contribution in [-0.2, 0) is 10.9 Å². The Balaban J connectivity index is 1.30. The maximum Gasteiger partial charge on any atom is 0.417 e. The first kappa shape index (κ1) is 36.4. The molecule has 0 spiro atoms. The number of carbonyl (C=O) groups excluding carboxylic acids is 1. The van der Waals surface area contributed by atoms with Gasteiger partial charge in [-0.25, -0.2) is 14.2 Å². The second-order valence-electron chi connectivity index (χ2n) is 16.0. The summed E-state index contributed by atoms with van der Waals surface area (Å²) < 4.78 is 77.6. The van der Waals surface area contributed by atoms with Crippen molar-refractivity contribution in [2.75, 3.05) is 36.9 Å². The fraction of sp³-hybridized carbons (Fsp3) is 0.611. The van der Waals surface area contributed by atoms with Crippen molar-refractivity contribution in [1.29, 1.82) is 0 Å². The summed E-state index contributed by atoms with van der Waals surface area (Å²) in [6.45, 7) is 10.0. The number of pyridine rings is 1. The zero-order valence-corrected chi connectivity index (χ0v) is 31.5. The van der Waals surface area contributed by atoms with Gasteiger partial charge in [-0.05, 0) is 78.5 Å². The van der Waals surface area contributed by atoms with Gasteiger partial charge in [0.1, 0.15) is 41.2 Å². The molecule has 2 bridgehead atoms. The lowest BCUT2D eigenvalue weighted by Gasteiger charge is -2.48. The minimum absolute atomic E-state index is 0.0292. The van der Waals surface area contributed by atoms with Crippen molar-refractivity contribution >= 4 is 51.7 Å². The van der Waals surface area contributed by atoms with Crippen molar-refractivity contribution in [2.45, 2.75) is 114 Å². The van der Waals surface area contributed by atoms with Gasteiger partial charge >= 0.3 is 18.3 Å². The Kier molecular flexibility index (Phi) is 8.58. The second-order valence-corrected chi connectivity index (χ2v) is 16.7. The molecule has 8 rings (SSSR count). The highest BCUT2D eigenvalue weighted by atomic mass is 35.5. The standard InChI is InChI=1S/C36H41Cl2F4N7O4/c1-16-24(36(40,41)42)20(11-21(43)25(16)37)27-26(38)28-23-30(46-32(45-28)51-15-35-9-6-10-47(35)13-18(39)12-35)48-14-19-7-8-22(29(48)17(2)52-31(23)44-27)49(19)33(50)53-34(3,4)5/h11,17-19,22,29H,6-10,12-15,43H2,1-5H3/t17-,18+,19+,22-,29+,35-/m0/s1. The van der Waals surface area contributed by atoms with Crippen LogP contribution in [0.5, 0.6) is 11.9 Å². The fourth-order valence-electron chi connectivity index (χ4n) is 9.28. The zero-order chi connectivity index (χ0) is 37.9. The zero-order valence-electron chi connectivity index (χ0n) is 30.0. The smallest absolute Gasteiger partial charge is 0.417 e. The number of alkyl halides is 4. The molecule has 2 N–H and O–H groups in total. The SMILES string of the molecule is Cc1c(Cl)c(N)cc(-c2nc3c4c(nc(OC[C@@]56CCCN5C[C@H](F)C6)nc4c2Cl)N2C[C@H]4CC[C@@H]([C@H]2[C@H](C)O3)N4C(=O)OC(C)(C)C)c1C(F)(F)F. The number of benzene rings is 1. The van der Waals surface area contributed by atoms with Crippen LogP contribution in [0.1, 0.15) is 70.9 Å². The molecule has 4 saturated heterocycles. The van der Waals surface area contributed by atoms with E-state index in [1.807, 2.05) is 27.7 Å². The van der Waals surface area contributed by atoms with Crippen molar-refractivity contribution < 1.29 is 36.6 Å². The van der Waals surface area contributed by atoms with E-state index in [2.05, 4.69) is 14.8 Å². The molecule has 17 heteroatoms. The average molecular weight is 783 g/mol. The first-order chi connectivity index (χ1) is 24.9. The molecule has 2 aromatic heterocycles. The number of fused-ring (bicyclic) bond motifs is 6. The topological polar surface area (TPSA) is 119 Å². The van der Waals surface area contributed by atoms with Crippen LogP contribution in [0, 0.1) is 6.92 Å². The summed E-state index contributed by atoms with van der Waals surface area (Å²) in [7, 11) is 0. The third-order valence-electron chi connectivity index (χ3n) is 11.4. The molecule has 3 aromatic rings. The number of piperazine rings is 1. The van der Waals surface area contributed by atoms with Crippen LogP contribution in [0.3, 0.4) is 0 Å². The first-order valence-corrected chi connectivity index (χ1v) is 18.7. The number of nitrogens with zero attached hydrogens (tertiary/aromatic N) is 6. The lowest BCUT2D eigenvalue weighted by atomic mass is 9.95. The van der Waals surface area contributed by atoms with E-state index in [0.717, 1.165) is 25.5 Å². The number of hydrogen-bond donors (Lipinski definition) is 1. The Morgan fingerprint density at radius 3 is 2.60 bits per heavy atom. The van der Waals surface area contributed by atoms with Crippen molar-refractivity contribution in [3.63, 3.8) is 0 Å². The first-order valence-electron chi connectivity index (χ1n) is 17.9. The van der Waals surface area contributed by atoms with Crippen LogP contribution in [0.2, 0.25) is 10.0 Å². The van der Waals surface area contributed by atoms with E-state index < -0.39 is 52.9 Å². The minimum Gasteiger partial charge on any atom is -0.472 e. The molecule has 0 aliphatic carbocycles. The van der Waals surface area contributed by atoms with Gasteiger partial charge in [-0.15, -0.1) is 0 Å². The molecule has 286 valence electrons. The maximum absolute atomic E-state index is 14.7. The Labute approximate surface area is 314 Å². The largest absolute Gasteiger partial charge is 0.472 e. The van der Waals surface area contributed by atoms with Gasteiger partial charge in [0.05, 0.1) is 50.7 Å². The van der Waals surface area contributed by atoms with Crippen LogP contribution >= 0.6 is 23.2 Å². The Morgan fingerprint density at radius 1 is 1.13 bits per heavy atom. The third kappa shape index (κ3) is 5.96. The van der Waals surface area contributed by atoms with E-state index in [9.17, 15) is 22.4 Å². The molecule has 11 nitrogen and oxygen atoms in total. The molecule has 5 aliphatic rings.